The summed E-state index contributed by atoms with van der Waals surface area (Å²) in [4.78, 5) is 12.2. The van der Waals surface area contributed by atoms with Gasteiger partial charge in [0.25, 0.3) is 0 Å². The van der Waals surface area contributed by atoms with Gasteiger partial charge in [0, 0.05) is 10.5 Å². The summed E-state index contributed by atoms with van der Waals surface area (Å²) >= 11 is 3.03. The minimum absolute atomic E-state index is 0.0678. The summed E-state index contributed by atoms with van der Waals surface area (Å²) in [5.74, 6) is -1.94. The van der Waals surface area contributed by atoms with Gasteiger partial charge in [0.2, 0.25) is 5.91 Å². The van der Waals surface area contributed by atoms with Gasteiger partial charge >= 0.3 is 0 Å². The van der Waals surface area contributed by atoms with Crippen LogP contribution in [0.2, 0.25) is 0 Å². The third kappa shape index (κ3) is 3.12. The Balaban J connectivity index is 2.19. The fourth-order valence-corrected chi connectivity index (χ4v) is 2.82. The predicted octanol–water partition coefficient (Wildman–Crippen LogP) is 3.33. The SMILES string of the molecule is NC1(C(=O)Nc2c(F)cc(F)cc2Br)CCCCC1. The molecule has 0 aliphatic heterocycles. The summed E-state index contributed by atoms with van der Waals surface area (Å²) in [6.07, 6.45) is 3.99. The van der Waals surface area contributed by atoms with Crippen LogP contribution in [-0.4, -0.2) is 11.4 Å². The molecule has 2 rings (SSSR count). The van der Waals surface area contributed by atoms with Crippen molar-refractivity contribution in [3.63, 3.8) is 0 Å². The molecule has 6 heteroatoms. The van der Waals surface area contributed by atoms with Gasteiger partial charge in [0.05, 0.1) is 11.2 Å². The van der Waals surface area contributed by atoms with Crippen molar-refractivity contribution in [2.75, 3.05) is 5.32 Å². The third-order valence-electron chi connectivity index (χ3n) is 3.44. The summed E-state index contributed by atoms with van der Waals surface area (Å²) in [7, 11) is 0. The molecule has 0 unspecified atom stereocenters. The second kappa shape index (κ2) is 5.54. The van der Waals surface area contributed by atoms with Crippen LogP contribution in [0.5, 0.6) is 0 Å². The molecule has 1 saturated carbocycles. The standard InChI is InChI=1S/C13H15BrF2N2O/c14-9-6-8(15)7-10(16)11(9)18-12(19)13(17)4-2-1-3-5-13/h6-7H,1-5,17H2,(H,18,19). The van der Waals surface area contributed by atoms with Crippen LogP contribution in [0, 0.1) is 11.6 Å². The molecule has 1 fully saturated rings. The molecule has 0 aromatic heterocycles. The van der Waals surface area contributed by atoms with Gasteiger partial charge in [-0.1, -0.05) is 19.3 Å². The summed E-state index contributed by atoms with van der Waals surface area (Å²) < 4.78 is 26.8. The molecule has 0 radical (unpaired) electrons. The quantitative estimate of drug-likeness (QED) is 0.872. The van der Waals surface area contributed by atoms with Gasteiger partial charge in [-0.15, -0.1) is 0 Å². The average Bonchev–Trinajstić information content (AvgIpc) is 2.34. The molecule has 19 heavy (non-hydrogen) atoms. The Hall–Kier alpha value is -1.01. The van der Waals surface area contributed by atoms with Crippen molar-refractivity contribution in [1.82, 2.24) is 0 Å². The number of carbonyl (C=O) groups is 1. The van der Waals surface area contributed by atoms with Crippen LogP contribution in [0.25, 0.3) is 0 Å². The fraction of sp³-hybridized carbons (Fsp3) is 0.462. The average molecular weight is 333 g/mol. The molecule has 1 aromatic rings. The minimum atomic E-state index is -0.960. The van der Waals surface area contributed by atoms with Gasteiger partial charge in [0.1, 0.15) is 5.82 Å². The first-order valence-corrected chi connectivity index (χ1v) is 6.96. The zero-order valence-corrected chi connectivity index (χ0v) is 11.9. The number of carbonyl (C=O) groups excluding carboxylic acids is 1. The normalized spacial score (nSPS) is 18.1. The molecule has 3 N–H and O–H groups in total. The minimum Gasteiger partial charge on any atom is -0.321 e. The number of halogens is 3. The molecule has 1 aliphatic carbocycles. The van der Waals surface area contributed by atoms with E-state index in [1.165, 1.54) is 0 Å². The van der Waals surface area contributed by atoms with Crippen LogP contribution in [0.1, 0.15) is 32.1 Å². The van der Waals surface area contributed by atoms with Crippen LogP contribution in [0.15, 0.2) is 16.6 Å². The van der Waals surface area contributed by atoms with Crippen LogP contribution < -0.4 is 11.1 Å². The van der Waals surface area contributed by atoms with Gasteiger partial charge in [-0.2, -0.15) is 0 Å². The van der Waals surface area contributed by atoms with Crippen LogP contribution in [0.4, 0.5) is 14.5 Å². The lowest BCUT2D eigenvalue weighted by Crippen LogP contribution is -2.52. The second-order valence-corrected chi connectivity index (χ2v) is 5.77. The number of nitrogens with one attached hydrogen (secondary N) is 1. The maximum absolute atomic E-state index is 13.6. The molecule has 0 atom stereocenters. The highest BCUT2D eigenvalue weighted by atomic mass is 79.9. The van der Waals surface area contributed by atoms with Gasteiger partial charge in [-0.25, -0.2) is 8.78 Å². The molecular weight excluding hydrogens is 318 g/mol. The van der Waals surface area contributed by atoms with Gasteiger partial charge in [-0.3, -0.25) is 4.79 Å². The van der Waals surface area contributed by atoms with Gasteiger partial charge in [0.15, 0.2) is 5.82 Å². The topological polar surface area (TPSA) is 55.1 Å². The smallest absolute Gasteiger partial charge is 0.244 e. The van der Waals surface area contributed by atoms with Crippen LogP contribution >= 0.6 is 15.9 Å². The predicted molar refractivity (Wildman–Crippen MR) is 72.7 cm³/mol. The molecular formula is C13H15BrF2N2O. The molecule has 0 spiro atoms. The first-order valence-electron chi connectivity index (χ1n) is 6.17. The van der Waals surface area contributed by atoms with Crippen molar-refractivity contribution < 1.29 is 13.6 Å². The zero-order valence-electron chi connectivity index (χ0n) is 10.3. The van der Waals surface area contributed by atoms with E-state index in [-0.39, 0.29) is 10.2 Å². The Kier molecular flexibility index (Phi) is 4.20. The van der Waals surface area contributed by atoms with Crippen molar-refractivity contribution >= 4 is 27.5 Å². The maximum atomic E-state index is 13.6. The molecule has 0 bridgehead atoms. The Morgan fingerprint density at radius 2 is 1.89 bits per heavy atom. The molecule has 1 aromatic carbocycles. The Morgan fingerprint density at radius 1 is 1.26 bits per heavy atom. The summed E-state index contributed by atoms with van der Waals surface area (Å²) in [6.45, 7) is 0. The molecule has 3 nitrogen and oxygen atoms in total. The second-order valence-electron chi connectivity index (χ2n) is 4.92. The van der Waals surface area contributed by atoms with E-state index in [4.69, 9.17) is 5.73 Å². The first-order chi connectivity index (χ1) is 8.92. The van der Waals surface area contributed by atoms with Gasteiger partial charge in [-0.05, 0) is 34.8 Å². The Labute approximate surface area is 118 Å². The summed E-state index contributed by atoms with van der Waals surface area (Å²) in [5, 5.41) is 2.46. The zero-order chi connectivity index (χ0) is 14.0. The number of hydrogen-bond donors (Lipinski definition) is 2. The van der Waals surface area contributed by atoms with E-state index < -0.39 is 23.1 Å². The largest absolute Gasteiger partial charge is 0.321 e. The Bertz CT molecular complexity index is 478. The first kappa shape index (κ1) is 14.4. The molecule has 104 valence electrons. The fourth-order valence-electron chi connectivity index (χ4n) is 2.31. The van der Waals surface area contributed by atoms with E-state index in [2.05, 4.69) is 21.2 Å². The van der Waals surface area contributed by atoms with E-state index in [0.717, 1.165) is 31.4 Å². The third-order valence-corrected chi connectivity index (χ3v) is 4.07. The van der Waals surface area contributed by atoms with E-state index >= 15 is 0 Å². The number of rotatable bonds is 2. The van der Waals surface area contributed by atoms with Crippen LogP contribution in [-0.2, 0) is 4.79 Å². The van der Waals surface area contributed by atoms with Crippen molar-refractivity contribution in [3.8, 4) is 0 Å². The highest BCUT2D eigenvalue weighted by Crippen LogP contribution is 2.31. The number of amides is 1. The van der Waals surface area contributed by atoms with E-state index in [1.807, 2.05) is 0 Å². The number of nitrogens with two attached hydrogens (primary N) is 1. The number of anilines is 1. The number of benzene rings is 1. The van der Waals surface area contributed by atoms with Crippen molar-refractivity contribution in [2.24, 2.45) is 5.73 Å². The van der Waals surface area contributed by atoms with Crippen molar-refractivity contribution in [2.45, 2.75) is 37.6 Å². The van der Waals surface area contributed by atoms with Crippen molar-refractivity contribution in [3.05, 3.63) is 28.2 Å². The van der Waals surface area contributed by atoms with E-state index in [0.29, 0.717) is 12.8 Å². The maximum Gasteiger partial charge on any atom is 0.244 e. The monoisotopic (exact) mass is 332 g/mol. The molecule has 1 aliphatic rings. The van der Waals surface area contributed by atoms with Crippen molar-refractivity contribution in [1.29, 1.82) is 0 Å². The molecule has 0 saturated heterocycles. The molecule has 0 heterocycles. The highest BCUT2D eigenvalue weighted by molar-refractivity contribution is 9.10. The van der Waals surface area contributed by atoms with Crippen LogP contribution in [0.3, 0.4) is 0 Å². The van der Waals surface area contributed by atoms with Gasteiger partial charge < -0.3 is 11.1 Å². The lowest BCUT2D eigenvalue weighted by atomic mass is 9.82. The number of hydrogen-bond acceptors (Lipinski definition) is 2. The van der Waals surface area contributed by atoms with E-state index in [9.17, 15) is 13.6 Å². The lowest BCUT2D eigenvalue weighted by Gasteiger charge is -2.31. The van der Waals surface area contributed by atoms with E-state index in [1.54, 1.807) is 0 Å². The Morgan fingerprint density at radius 3 is 2.47 bits per heavy atom. The highest BCUT2D eigenvalue weighted by Gasteiger charge is 2.35. The summed E-state index contributed by atoms with van der Waals surface area (Å²) in [5.41, 5.74) is 5.03. The summed E-state index contributed by atoms with van der Waals surface area (Å²) in [6, 6.07) is 1.83. The lowest BCUT2D eigenvalue weighted by molar-refractivity contribution is -0.122. The molecule has 1 amide bonds.